The van der Waals surface area contributed by atoms with Gasteiger partial charge in [-0.3, -0.25) is 4.79 Å². The lowest BCUT2D eigenvalue weighted by molar-refractivity contribution is 0.100. The van der Waals surface area contributed by atoms with E-state index in [1.807, 2.05) is 23.7 Å². The number of benzene rings is 1. The minimum absolute atomic E-state index is 0.424. The molecule has 0 saturated heterocycles. The summed E-state index contributed by atoms with van der Waals surface area (Å²) >= 11 is 0. The predicted octanol–water partition coefficient (Wildman–Crippen LogP) is 1.01. The first-order chi connectivity index (χ1) is 8.70. The number of hydrogen-bond acceptors (Lipinski definition) is 4. The van der Waals surface area contributed by atoms with E-state index in [-0.39, 0.29) is 0 Å². The number of hydrogen-bond donors (Lipinski definition) is 2. The highest BCUT2D eigenvalue weighted by Crippen LogP contribution is 2.10. The van der Waals surface area contributed by atoms with E-state index in [1.54, 1.807) is 12.1 Å². The van der Waals surface area contributed by atoms with Gasteiger partial charge in [0.1, 0.15) is 12.2 Å². The monoisotopic (exact) mass is 245 g/mol. The first-order valence-electron chi connectivity index (χ1n) is 5.71. The molecule has 0 atom stereocenters. The van der Waals surface area contributed by atoms with Crippen LogP contribution in [0.2, 0.25) is 0 Å². The molecular formula is C12H15N5O. The highest BCUT2D eigenvalue weighted by Gasteiger charge is 2.03. The first kappa shape index (κ1) is 12.1. The van der Waals surface area contributed by atoms with Gasteiger partial charge in [0.15, 0.2) is 0 Å². The molecule has 2 rings (SSSR count). The van der Waals surface area contributed by atoms with E-state index in [4.69, 9.17) is 5.73 Å². The predicted molar refractivity (Wildman–Crippen MR) is 68.0 cm³/mol. The third-order valence-electron chi connectivity index (χ3n) is 2.62. The molecule has 0 unspecified atom stereocenters. The molecule has 1 amide bonds. The van der Waals surface area contributed by atoms with Crippen LogP contribution in [-0.4, -0.2) is 20.7 Å². The summed E-state index contributed by atoms with van der Waals surface area (Å²) in [7, 11) is 0. The molecule has 1 aromatic heterocycles. The summed E-state index contributed by atoms with van der Waals surface area (Å²) in [5.74, 6) is 0.448. The van der Waals surface area contributed by atoms with E-state index in [0.29, 0.717) is 12.1 Å². The zero-order chi connectivity index (χ0) is 13.0. The highest BCUT2D eigenvalue weighted by atomic mass is 16.1. The van der Waals surface area contributed by atoms with Gasteiger partial charge in [-0.25, -0.2) is 9.67 Å². The number of carbonyl (C=O) groups excluding carboxylic acids is 1. The second kappa shape index (κ2) is 5.31. The van der Waals surface area contributed by atoms with E-state index in [1.165, 1.54) is 6.33 Å². The Kier molecular flexibility index (Phi) is 3.57. The van der Waals surface area contributed by atoms with Crippen LogP contribution in [0.5, 0.6) is 0 Å². The van der Waals surface area contributed by atoms with Gasteiger partial charge in [-0.15, -0.1) is 0 Å². The Morgan fingerprint density at radius 3 is 2.72 bits per heavy atom. The number of aryl methyl sites for hydroxylation is 1. The SMILES string of the molecule is CCn1ncnc1CNc1ccc(C(N)=O)cc1. The van der Waals surface area contributed by atoms with E-state index < -0.39 is 5.91 Å². The van der Waals surface area contributed by atoms with Crippen LogP contribution >= 0.6 is 0 Å². The normalized spacial score (nSPS) is 10.3. The van der Waals surface area contributed by atoms with Crippen LogP contribution in [-0.2, 0) is 13.1 Å². The van der Waals surface area contributed by atoms with Gasteiger partial charge in [-0.1, -0.05) is 0 Å². The molecular weight excluding hydrogens is 230 g/mol. The molecule has 2 aromatic rings. The van der Waals surface area contributed by atoms with Gasteiger partial charge in [0.25, 0.3) is 0 Å². The molecule has 0 fully saturated rings. The van der Waals surface area contributed by atoms with Gasteiger partial charge in [0, 0.05) is 17.8 Å². The van der Waals surface area contributed by atoms with Crippen LogP contribution in [0.25, 0.3) is 0 Å². The van der Waals surface area contributed by atoms with Crippen LogP contribution in [0, 0.1) is 0 Å². The van der Waals surface area contributed by atoms with E-state index in [2.05, 4.69) is 15.4 Å². The first-order valence-corrected chi connectivity index (χ1v) is 5.71. The number of amides is 1. The maximum absolute atomic E-state index is 10.9. The topological polar surface area (TPSA) is 85.8 Å². The highest BCUT2D eigenvalue weighted by molar-refractivity contribution is 5.93. The van der Waals surface area contributed by atoms with Crippen LogP contribution in [0.1, 0.15) is 23.1 Å². The lowest BCUT2D eigenvalue weighted by Gasteiger charge is -2.07. The third kappa shape index (κ3) is 2.65. The molecule has 0 aliphatic rings. The minimum Gasteiger partial charge on any atom is -0.378 e. The van der Waals surface area contributed by atoms with Crippen molar-refractivity contribution in [2.24, 2.45) is 5.73 Å². The molecule has 0 radical (unpaired) electrons. The van der Waals surface area contributed by atoms with Gasteiger partial charge < -0.3 is 11.1 Å². The maximum Gasteiger partial charge on any atom is 0.248 e. The van der Waals surface area contributed by atoms with Crippen molar-refractivity contribution in [2.75, 3.05) is 5.32 Å². The second-order valence-corrected chi connectivity index (χ2v) is 3.79. The Morgan fingerprint density at radius 2 is 2.11 bits per heavy atom. The quantitative estimate of drug-likeness (QED) is 0.823. The number of rotatable bonds is 5. The lowest BCUT2D eigenvalue weighted by Crippen LogP contribution is -2.11. The molecule has 6 heteroatoms. The number of nitrogens with one attached hydrogen (secondary N) is 1. The number of primary amides is 1. The van der Waals surface area contributed by atoms with Crippen LogP contribution in [0.3, 0.4) is 0 Å². The molecule has 18 heavy (non-hydrogen) atoms. The fraction of sp³-hybridized carbons (Fsp3) is 0.250. The maximum atomic E-state index is 10.9. The average Bonchev–Trinajstić information content (AvgIpc) is 2.84. The van der Waals surface area contributed by atoms with Crippen molar-refractivity contribution in [3.8, 4) is 0 Å². The van der Waals surface area contributed by atoms with E-state index in [0.717, 1.165) is 18.1 Å². The summed E-state index contributed by atoms with van der Waals surface area (Å²) in [6, 6.07) is 7.00. The largest absolute Gasteiger partial charge is 0.378 e. The van der Waals surface area contributed by atoms with Crippen molar-refractivity contribution in [2.45, 2.75) is 20.0 Å². The fourth-order valence-electron chi connectivity index (χ4n) is 1.62. The van der Waals surface area contributed by atoms with E-state index in [9.17, 15) is 4.79 Å². The van der Waals surface area contributed by atoms with Crippen molar-refractivity contribution in [1.82, 2.24) is 14.8 Å². The minimum atomic E-state index is -0.424. The van der Waals surface area contributed by atoms with Crippen LogP contribution in [0.15, 0.2) is 30.6 Å². The summed E-state index contributed by atoms with van der Waals surface area (Å²) in [6.45, 7) is 3.39. The number of nitrogens with zero attached hydrogens (tertiary/aromatic N) is 3. The van der Waals surface area contributed by atoms with Gasteiger partial charge >= 0.3 is 0 Å². The van der Waals surface area contributed by atoms with Crippen molar-refractivity contribution < 1.29 is 4.79 Å². The Labute approximate surface area is 105 Å². The Bertz CT molecular complexity index is 532. The summed E-state index contributed by atoms with van der Waals surface area (Å²) < 4.78 is 1.82. The number of nitrogens with two attached hydrogens (primary N) is 1. The van der Waals surface area contributed by atoms with Gasteiger partial charge in [0.05, 0.1) is 6.54 Å². The molecule has 0 saturated carbocycles. The second-order valence-electron chi connectivity index (χ2n) is 3.79. The molecule has 1 heterocycles. The Hall–Kier alpha value is -2.37. The molecule has 0 aliphatic heterocycles. The fourth-order valence-corrected chi connectivity index (χ4v) is 1.62. The Morgan fingerprint density at radius 1 is 1.39 bits per heavy atom. The van der Waals surface area contributed by atoms with Crippen LogP contribution in [0.4, 0.5) is 5.69 Å². The van der Waals surface area contributed by atoms with Crippen molar-refractivity contribution in [1.29, 1.82) is 0 Å². The van der Waals surface area contributed by atoms with Gasteiger partial charge in [0.2, 0.25) is 5.91 Å². The number of carbonyl (C=O) groups is 1. The molecule has 0 aliphatic carbocycles. The third-order valence-corrected chi connectivity index (χ3v) is 2.62. The molecule has 0 bridgehead atoms. The average molecular weight is 245 g/mol. The zero-order valence-corrected chi connectivity index (χ0v) is 10.1. The summed E-state index contributed by atoms with van der Waals surface area (Å²) in [5, 5.41) is 7.30. The van der Waals surface area contributed by atoms with Crippen molar-refractivity contribution >= 4 is 11.6 Å². The lowest BCUT2D eigenvalue weighted by atomic mass is 10.2. The van der Waals surface area contributed by atoms with Crippen LogP contribution < -0.4 is 11.1 Å². The molecule has 0 spiro atoms. The number of anilines is 1. The zero-order valence-electron chi connectivity index (χ0n) is 10.1. The van der Waals surface area contributed by atoms with Gasteiger partial charge in [-0.05, 0) is 31.2 Å². The molecule has 94 valence electrons. The van der Waals surface area contributed by atoms with Crippen molar-refractivity contribution in [3.63, 3.8) is 0 Å². The molecule has 6 nitrogen and oxygen atoms in total. The molecule has 1 aromatic carbocycles. The number of aromatic nitrogens is 3. The summed E-state index contributed by atoms with van der Waals surface area (Å²) in [5.41, 5.74) is 6.58. The van der Waals surface area contributed by atoms with E-state index >= 15 is 0 Å². The van der Waals surface area contributed by atoms with Gasteiger partial charge in [-0.2, -0.15) is 5.10 Å². The summed E-state index contributed by atoms with van der Waals surface area (Å²) in [6.07, 6.45) is 1.54. The standard InChI is InChI=1S/C12H15N5O/c1-2-17-11(15-8-16-17)7-14-10-5-3-9(4-6-10)12(13)18/h3-6,8,14H,2,7H2,1H3,(H2,13,18). The molecule has 3 N–H and O–H groups in total. The smallest absolute Gasteiger partial charge is 0.248 e. The van der Waals surface area contributed by atoms with Crippen molar-refractivity contribution in [3.05, 3.63) is 42.0 Å². The summed E-state index contributed by atoms with van der Waals surface area (Å²) in [4.78, 5) is 15.1. The Balaban J connectivity index is 2.00.